The second-order valence-electron chi connectivity index (χ2n) is 5.50. The molecule has 1 amide bonds. The smallest absolute Gasteiger partial charge is 0.378 e. The molecule has 1 saturated heterocycles. The van der Waals surface area contributed by atoms with Gasteiger partial charge in [-0.2, -0.15) is 14.9 Å². The second-order valence-corrected chi connectivity index (χ2v) is 5.50. The lowest BCUT2D eigenvalue weighted by Gasteiger charge is -2.09. The van der Waals surface area contributed by atoms with Gasteiger partial charge in [-0.1, -0.05) is 0 Å². The Morgan fingerprint density at radius 2 is 2.32 bits per heavy atom. The van der Waals surface area contributed by atoms with E-state index >= 15 is 0 Å². The van der Waals surface area contributed by atoms with Crippen LogP contribution < -0.4 is 5.32 Å². The number of halogens is 3. The number of nitrogens with one attached hydrogen (secondary N) is 2. The summed E-state index contributed by atoms with van der Waals surface area (Å²) >= 11 is 0. The molecule has 1 aliphatic rings. The number of amides is 1. The van der Waals surface area contributed by atoms with Gasteiger partial charge in [0.1, 0.15) is 5.69 Å². The van der Waals surface area contributed by atoms with Gasteiger partial charge in [0, 0.05) is 19.8 Å². The SMILES string of the molecule is COCc1cc(C(=O)Nc2cc([C@H]3CCCO3)[nH]n2)n(C(F)(F)F)n1. The maximum Gasteiger partial charge on any atom is 0.505 e. The molecule has 11 heteroatoms. The minimum Gasteiger partial charge on any atom is -0.378 e. The zero-order valence-electron chi connectivity index (χ0n) is 13.3. The van der Waals surface area contributed by atoms with Crippen LogP contribution in [0.2, 0.25) is 0 Å². The summed E-state index contributed by atoms with van der Waals surface area (Å²) in [4.78, 5) is 12.2. The summed E-state index contributed by atoms with van der Waals surface area (Å²) in [6.07, 6.45) is -3.24. The van der Waals surface area contributed by atoms with E-state index in [1.165, 1.54) is 13.2 Å². The Bertz CT molecular complexity index is 749. The number of H-pyrrole nitrogens is 1. The number of ether oxygens (including phenoxy) is 2. The summed E-state index contributed by atoms with van der Waals surface area (Å²) in [7, 11) is 1.32. The molecule has 2 N–H and O–H groups in total. The zero-order valence-corrected chi connectivity index (χ0v) is 13.3. The molecule has 0 aromatic carbocycles. The lowest BCUT2D eigenvalue weighted by molar-refractivity contribution is -0.213. The molecular weight excluding hydrogens is 343 g/mol. The molecule has 1 fully saturated rings. The van der Waals surface area contributed by atoms with Crippen LogP contribution in [0.1, 0.15) is 40.8 Å². The predicted molar refractivity (Wildman–Crippen MR) is 78.7 cm³/mol. The van der Waals surface area contributed by atoms with Gasteiger partial charge in [0.15, 0.2) is 5.82 Å². The van der Waals surface area contributed by atoms with Gasteiger partial charge in [-0.3, -0.25) is 9.89 Å². The molecule has 0 radical (unpaired) electrons. The van der Waals surface area contributed by atoms with Crippen LogP contribution in [0.5, 0.6) is 0 Å². The fourth-order valence-electron chi connectivity index (χ4n) is 2.57. The van der Waals surface area contributed by atoms with Gasteiger partial charge in [-0.05, 0) is 18.9 Å². The number of aromatic amines is 1. The minimum atomic E-state index is -4.83. The van der Waals surface area contributed by atoms with Crippen molar-refractivity contribution in [2.45, 2.75) is 31.9 Å². The van der Waals surface area contributed by atoms with Gasteiger partial charge < -0.3 is 14.8 Å². The molecule has 2 aromatic rings. The molecule has 0 spiro atoms. The van der Waals surface area contributed by atoms with Crippen molar-refractivity contribution in [2.75, 3.05) is 19.0 Å². The van der Waals surface area contributed by atoms with E-state index in [0.29, 0.717) is 12.3 Å². The van der Waals surface area contributed by atoms with Crippen LogP contribution in [-0.2, 0) is 22.4 Å². The van der Waals surface area contributed by atoms with Crippen molar-refractivity contribution >= 4 is 11.7 Å². The molecule has 3 rings (SSSR count). The number of anilines is 1. The Labute approximate surface area is 140 Å². The number of methoxy groups -OCH3 is 1. The van der Waals surface area contributed by atoms with Crippen LogP contribution in [-0.4, -0.2) is 39.6 Å². The Kier molecular flexibility index (Phi) is 4.77. The Balaban J connectivity index is 1.78. The summed E-state index contributed by atoms with van der Waals surface area (Å²) in [5, 5.41) is 12.3. The van der Waals surface area contributed by atoms with Crippen LogP contribution in [0.3, 0.4) is 0 Å². The van der Waals surface area contributed by atoms with E-state index in [-0.39, 0.29) is 28.9 Å². The molecule has 1 atom stereocenters. The van der Waals surface area contributed by atoms with Crippen molar-refractivity contribution in [3.63, 3.8) is 0 Å². The first-order valence-corrected chi connectivity index (χ1v) is 7.52. The molecule has 0 unspecified atom stereocenters. The van der Waals surface area contributed by atoms with E-state index in [2.05, 4.69) is 20.6 Å². The summed E-state index contributed by atoms with van der Waals surface area (Å²) in [5.41, 5.74) is 0.00506. The first kappa shape index (κ1) is 17.4. The number of rotatable bonds is 5. The van der Waals surface area contributed by atoms with Gasteiger partial charge in [-0.25, -0.2) is 0 Å². The standard InChI is InChI=1S/C14H16F3N5O3/c1-24-7-8-5-10(22(21-8)14(15,16)17)13(23)18-12-6-9(19-20-12)11-3-2-4-25-11/h5-6,11H,2-4,7H2,1H3,(H2,18,19,20,23)/t11-/m1/s1. The summed E-state index contributed by atoms with van der Waals surface area (Å²) in [6, 6.07) is 2.57. The Morgan fingerprint density at radius 3 is 2.96 bits per heavy atom. The molecule has 136 valence electrons. The number of aromatic nitrogens is 4. The quantitative estimate of drug-likeness (QED) is 0.855. The number of hydrogen-bond acceptors (Lipinski definition) is 5. The van der Waals surface area contributed by atoms with Crippen LogP contribution in [0.15, 0.2) is 12.1 Å². The number of carbonyl (C=O) groups excluding carboxylic acids is 1. The molecule has 8 nitrogen and oxygen atoms in total. The fraction of sp³-hybridized carbons (Fsp3) is 0.500. The molecule has 1 aliphatic heterocycles. The van der Waals surface area contributed by atoms with Crippen molar-refractivity contribution < 1.29 is 27.4 Å². The normalized spacial score (nSPS) is 17.8. The van der Waals surface area contributed by atoms with Crippen molar-refractivity contribution in [1.29, 1.82) is 0 Å². The van der Waals surface area contributed by atoms with Crippen LogP contribution in [0, 0.1) is 0 Å². The number of hydrogen-bond donors (Lipinski definition) is 2. The molecule has 0 saturated carbocycles. The first-order valence-electron chi connectivity index (χ1n) is 7.52. The van der Waals surface area contributed by atoms with Gasteiger partial charge in [0.25, 0.3) is 5.91 Å². The van der Waals surface area contributed by atoms with Crippen molar-refractivity contribution in [3.05, 3.63) is 29.2 Å². The van der Waals surface area contributed by atoms with Gasteiger partial charge in [0.2, 0.25) is 0 Å². The highest BCUT2D eigenvalue weighted by Gasteiger charge is 2.37. The minimum absolute atomic E-state index is 0.00736. The highest BCUT2D eigenvalue weighted by Crippen LogP contribution is 2.28. The maximum atomic E-state index is 13.1. The predicted octanol–water partition coefficient (Wildman–Crippen LogP) is 2.33. The number of alkyl halides is 3. The van der Waals surface area contributed by atoms with E-state index in [0.717, 1.165) is 18.9 Å². The van der Waals surface area contributed by atoms with Crippen molar-refractivity contribution in [1.82, 2.24) is 20.0 Å². The van der Waals surface area contributed by atoms with E-state index in [1.54, 1.807) is 0 Å². The fourth-order valence-corrected chi connectivity index (χ4v) is 2.57. The average Bonchev–Trinajstić information content (AvgIpc) is 3.26. The monoisotopic (exact) mass is 359 g/mol. The lowest BCUT2D eigenvalue weighted by Crippen LogP contribution is -2.26. The highest BCUT2D eigenvalue weighted by atomic mass is 19.4. The topological polar surface area (TPSA) is 94.1 Å². The molecular formula is C14H16F3N5O3. The number of nitrogens with zero attached hydrogens (tertiary/aromatic N) is 3. The van der Waals surface area contributed by atoms with Crippen LogP contribution >= 0.6 is 0 Å². The van der Waals surface area contributed by atoms with E-state index in [9.17, 15) is 18.0 Å². The van der Waals surface area contributed by atoms with Crippen LogP contribution in [0.25, 0.3) is 0 Å². The largest absolute Gasteiger partial charge is 0.505 e. The third kappa shape index (κ3) is 3.82. The number of carbonyl (C=O) groups is 1. The molecule has 2 aromatic heterocycles. The second kappa shape index (κ2) is 6.84. The summed E-state index contributed by atoms with van der Waals surface area (Å²) in [5.74, 6) is -0.865. The van der Waals surface area contributed by atoms with Crippen LogP contribution in [0.4, 0.5) is 19.0 Å². The van der Waals surface area contributed by atoms with Gasteiger partial charge >= 0.3 is 6.30 Å². The lowest BCUT2D eigenvalue weighted by atomic mass is 10.2. The summed E-state index contributed by atoms with van der Waals surface area (Å²) in [6.45, 7) is 0.493. The van der Waals surface area contributed by atoms with Crippen molar-refractivity contribution in [2.24, 2.45) is 0 Å². The Morgan fingerprint density at radius 1 is 1.52 bits per heavy atom. The van der Waals surface area contributed by atoms with E-state index in [1.807, 2.05) is 0 Å². The molecule has 3 heterocycles. The maximum absolute atomic E-state index is 13.1. The van der Waals surface area contributed by atoms with E-state index in [4.69, 9.17) is 9.47 Å². The average molecular weight is 359 g/mol. The Hall–Kier alpha value is -2.40. The van der Waals surface area contributed by atoms with Crippen molar-refractivity contribution in [3.8, 4) is 0 Å². The first-order chi connectivity index (χ1) is 11.9. The zero-order chi connectivity index (χ0) is 18.0. The van der Waals surface area contributed by atoms with Gasteiger partial charge in [-0.15, -0.1) is 13.2 Å². The highest BCUT2D eigenvalue weighted by molar-refractivity contribution is 6.02. The summed E-state index contributed by atoms with van der Waals surface area (Å²) < 4.78 is 49.1. The molecule has 0 bridgehead atoms. The molecule has 25 heavy (non-hydrogen) atoms. The third-order valence-corrected chi connectivity index (χ3v) is 3.64. The third-order valence-electron chi connectivity index (χ3n) is 3.64. The van der Waals surface area contributed by atoms with E-state index < -0.39 is 17.9 Å². The van der Waals surface area contributed by atoms with Gasteiger partial charge in [0.05, 0.1) is 24.1 Å². The molecule has 0 aliphatic carbocycles.